The Kier molecular flexibility index (Phi) is 10.1. The number of alkyl halides is 3. The van der Waals surface area contributed by atoms with Gasteiger partial charge in [0.05, 0.1) is 30.4 Å². The number of nitrogens with one attached hydrogen (secondary N) is 1. The number of morpholine rings is 1. The van der Waals surface area contributed by atoms with Gasteiger partial charge >= 0.3 is 6.18 Å². The molecule has 1 amide bonds. The summed E-state index contributed by atoms with van der Waals surface area (Å²) in [4.78, 5) is 14.1. The minimum atomic E-state index is -4.37. The predicted octanol–water partition coefficient (Wildman–Crippen LogP) is 2.78. The van der Waals surface area contributed by atoms with Crippen LogP contribution in [0.25, 0.3) is 0 Å². The van der Waals surface area contributed by atoms with Crippen LogP contribution >= 0.6 is 24.8 Å². The maximum atomic E-state index is 12.8. The summed E-state index contributed by atoms with van der Waals surface area (Å²) in [6, 6.07) is 4.82. The average Bonchev–Trinajstić information content (AvgIpc) is 2.54. The highest BCUT2D eigenvalue weighted by atomic mass is 35.5. The Balaban J connectivity index is 0.00000338. The molecule has 0 aromatic heterocycles. The summed E-state index contributed by atoms with van der Waals surface area (Å²) in [6.07, 6.45) is -4.37. The molecular formula is C17H26Cl2F3N3O2. The van der Waals surface area contributed by atoms with Crippen molar-refractivity contribution in [3.63, 3.8) is 0 Å². The molecule has 0 radical (unpaired) electrons. The van der Waals surface area contributed by atoms with Crippen LogP contribution in [0.15, 0.2) is 24.3 Å². The zero-order chi connectivity index (χ0) is 18.7. The third kappa shape index (κ3) is 7.46. The molecule has 156 valence electrons. The molecule has 1 heterocycles. The van der Waals surface area contributed by atoms with Gasteiger partial charge in [-0.3, -0.25) is 9.69 Å². The third-order valence-electron chi connectivity index (χ3n) is 4.15. The molecule has 1 aromatic carbocycles. The summed E-state index contributed by atoms with van der Waals surface area (Å²) in [5, 5.41) is 2.79. The number of carbonyl (C=O) groups is 1. The summed E-state index contributed by atoms with van der Waals surface area (Å²) in [5.74, 6) is -0.308. The second-order valence-electron chi connectivity index (χ2n) is 6.72. The molecule has 1 aliphatic heterocycles. The molecule has 0 saturated carbocycles. The number of nitrogens with two attached hydrogens (primary N) is 1. The van der Waals surface area contributed by atoms with E-state index in [0.29, 0.717) is 31.9 Å². The molecule has 0 spiro atoms. The van der Waals surface area contributed by atoms with E-state index in [0.717, 1.165) is 12.1 Å². The lowest BCUT2D eigenvalue weighted by atomic mass is 10.0. The first-order chi connectivity index (χ1) is 11.6. The van der Waals surface area contributed by atoms with Crippen molar-refractivity contribution in [1.29, 1.82) is 0 Å². The number of hydrogen-bond donors (Lipinski definition) is 2. The lowest BCUT2D eigenvalue weighted by Gasteiger charge is -2.35. The maximum absolute atomic E-state index is 12.8. The van der Waals surface area contributed by atoms with Crippen molar-refractivity contribution in [2.75, 3.05) is 32.8 Å². The number of ether oxygens (including phenoxy) is 1. The van der Waals surface area contributed by atoms with Crippen LogP contribution in [0, 0.1) is 0 Å². The Morgan fingerprint density at radius 3 is 2.15 bits per heavy atom. The van der Waals surface area contributed by atoms with Gasteiger partial charge in [-0.25, -0.2) is 0 Å². The molecule has 0 bridgehead atoms. The highest BCUT2D eigenvalue weighted by Gasteiger charge is 2.31. The van der Waals surface area contributed by atoms with Gasteiger partial charge in [0.25, 0.3) is 0 Å². The molecule has 27 heavy (non-hydrogen) atoms. The first-order valence-corrected chi connectivity index (χ1v) is 8.15. The summed E-state index contributed by atoms with van der Waals surface area (Å²) in [6.45, 7) is 5.86. The number of halogens is 5. The van der Waals surface area contributed by atoms with E-state index >= 15 is 0 Å². The average molecular weight is 432 g/mol. The van der Waals surface area contributed by atoms with Crippen molar-refractivity contribution in [3.05, 3.63) is 35.4 Å². The predicted molar refractivity (Wildman–Crippen MR) is 102 cm³/mol. The van der Waals surface area contributed by atoms with Gasteiger partial charge in [-0.1, -0.05) is 12.1 Å². The molecule has 1 unspecified atom stereocenters. The monoisotopic (exact) mass is 431 g/mol. The van der Waals surface area contributed by atoms with Crippen molar-refractivity contribution in [2.45, 2.75) is 31.6 Å². The summed E-state index contributed by atoms with van der Waals surface area (Å²) in [7, 11) is 0. The number of amides is 1. The lowest BCUT2D eigenvalue weighted by molar-refractivity contribution is -0.137. The largest absolute Gasteiger partial charge is 0.416 e. The van der Waals surface area contributed by atoms with Crippen molar-refractivity contribution >= 4 is 30.7 Å². The molecule has 0 aliphatic carbocycles. The highest BCUT2D eigenvalue weighted by molar-refractivity contribution is 5.86. The third-order valence-corrected chi connectivity index (χ3v) is 4.15. The topological polar surface area (TPSA) is 67.6 Å². The van der Waals surface area contributed by atoms with Gasteiger partial charge in [-0.2, -0.15) is 13.2 Å². The normalized spacial score (nSPS) is 16.7. The maximum Gasteiger partial charge on any atom is 0.416 e. The smallest absolute Gasteiger partial charge is 0.379 e. The zero-order valence-electron chi connectivity index (χ0n) is 15.2. The molecule has 1 fully saturated rings. The lowest BCUT2D eigenvalue weighted by Crippen LogP contribution is -2.51. The Bertz CT molecular complexity index is 587. The SMILES string of the molecule is CC(C)(N)C(=O)NCC(c1ccc(C(F)(F)F)cc1)N1CCOCC1.Cl.Cl. The Labute approximate surface area is 169 Å². The van der Waals surface area contributed by atoms with Crippen LogP contribution in [0.2, 0.25) is 0 Å². The fraction of sp³-hybridized carbons (Fsp3) is 0.588. The van der Waals surface area contributed by atoms with Crippen molar-refractivity contribution in [3.8, 4) is 0 Å². The van der Waals surface area contributed by atoms with E-state index in [1.54, 1.807) is 13.8 Å². The molecule has 1 aromatic rings. The van der Waals surface area contributed by atoms with Crippen LogP contribution in [-0.2, 0) is 15.7 Å². The van der Waals surface area contributed by atoms with Crippen molar-refractivity contribution < 1.29 is 22.7 Å². The van der Waals surface area contributed by atoms with Gasteiger partial charge in [0.1, 0.15) is 0 Å². The van der Waals surface area contributed by atoms with Crippen molar-refractivity contribution in [2.24, 2.45) is 5.73 Å². The number of carbonyl (C=O) groups excluding carboxylic acids is 1. The van der Waals surface area contributed by atoms with E-state index in [4.69, 9.17) is 10.5 Å². The second-order valence-corrected chi connectivity index (χ2v) is 6.72. The van der Waals surface area contributed by atoms with Gasteiger partial charge in [-0.15, -0.1) is 24.8 Å². The number of nitrogens with zero attached hydrogens (tertiary/aromatic N) is 1. The summed E-state index contributed by atoms with van der Waals surface area (Å²) < 4.78 is 43.6. The first-order valence-electron chi connectivity index (χ1n) is 8.15. The van der Waals surface area contributed by atoms with Gasteiger partial charge in [0.15, 0.2) is 0 Å². The van der Waals surface area contributed by atoms with Gasteiger partial charge < -0.3 is 15.8 Å². The summed E-state index contributed by atoms with van der Waals surface area (Å²) >= 11 is 0. The van der Waals surface area contributed by atoms with E-state index < -0.39 is 17.3 Å². The van der Waals surface area contributed by atoms with E-state index in [2.05, 4.69) is 10.2 Å². The number of benzene rings is 1. The van der Waals surface area contributed by atoms with E-state index in [1.165, 1.54) is 12.1 Å². The van der Waals surface area contributed by atoms with E-state index in [9.17, 15) is 18.0 Å². The quantitative estimate of drug-likeness (QED) is 0.751. The zero-order valence-corrected chi connectivity index (χ0v) is 16.8. The van der Waals surface area contributed by atoms with Crippen LogP contribution in [-0.4, -0.2) is 49.2 Å². The fourth-order valence-electron chi connectivity index (χ4n) is 2.66. The molecule has 2 rings (SSSR count). The molecule has 10 heteroatoms. The standard InChI is InChI=1S/C17H24F3N3O2.2ClH/c1-16(2,21)15(24)22-11-14(23-7-9-25-10-8-23)12-3-5-13(6-4-12)17(18,19)20;;/h3-6,14H,7-11,21H2,1-2H3,(H,22,24);2*1H. The first kappa shape index (κ1) is 25.9. The minimum Gasteiger partial charge on any atom is -0.379 e. The van der Waals surface area contributed by atoms with Crippen LogP contribution in [0.5, 0.6) is 0 Å². The van der Waals surface area contributed by atoms with E-state index in [-0.39, 0.29) is 43.3 Å². The van der Waals surface area contributed by atoms with Crippen LogP contribution in [0.3, 0.4) is 0 Å². The Morgan fingerprint density at radius 2 is 1.70 bits per heavy atom. The molecule has 3 N–H and O–H groups in total. The number of hydrogen-bond acceptors (Lipinski definition) is 4. The minimum absolute atomic E-state index is 0. The van der Waals surface area contributed by atoms with Crippen LogP contribution in [0.4, 0.5) is 13.2 Å². The highest BCUT2D eigenvalue weighted by Crippen LogP contribution is 2.31. The Hall–Kier alpha value is -1.06. The van der Waals surface area contributed by atoms with Gasteiger partial charge in [0.2, 0.25) is 5.91 Å². The molecule has 1 saturated heterocycles. The fourth-order valence-corrected chi connectivity index (χ4v) is 2.66. The molecule has 5 nitrogen and oxygen atoms in total. The van der Waals surface area contributed by atoms with Gasteiger partial charge in [-0.05, 0) is 31.5 Å². The van der Waals surface area contributed by atoms with Gasteiger partial charge in [0, 0.05) is 19.6 Å². The van der Waals surface area contributed by atoms with Crippen LogP contribution in [0.1, 0.15) is 31.0 Å². The molecule has 1 aliphatic rings. The molecular weight excluding hydrogens is 406 g/mol. The number of rotatable bonds is 5. The molecule has 1 atom stereocenters. The van der Waals surface area contributed by atoms with E-state index in [1.807, 2.05) is 0 Å². The van der Waals surface area contributed by atoms with Crippen molar-refractivity contribution in [1.82, 2.24) is 10.2 Å². The summed E-state index contributed by atoms with van der Waals surface area (Å²) in [5.41, 5.74) is 4.78. The van der Waals surface area contributed by atoms with Crippen LogP contribution < -0.4 is 11.1 Å². The second kappa shape index (κ2) is 10.5. The Morgan fingerprint density at radius 1 is 1.19 bits per heavy atom.